The van der Waals surface area contributed by atoms with Crippen molar-refractivity contribution in [3.8, 4) is 5.75 Å². The molecule has 1 unspecified atom stereocenters. The van der Waals surface area contributed by atoms with Crippen molar-refractivity contribution >= 4 is 9.84 Å². The van der Waals surface area contributed by atoms with Crippen molar-refractivity contribution < 1.29 is 13.2 Å². The predicted molar refractivity (Wildman–Crippen MR) is 68.2 cm³/mol. The average Bonchev–Trinajstić information content (AvgIpc) is 2.19. The third-order valence-electron chi connectivity index (χ3n) is 2.60. The summed E-state index contributed by atoms with van der Waals surface area (Å²) in [5.41, 5.74) is 7.48. The molecule has 0 fully saturated rings. The van der Waals surface area contributed by atoms with Gasteiger partial charge in [-0.05, 0) is 44.0 Å². The maximum absolute atomic E-state index is 12.1. The Hall–Kier alpha value is -1.07. The molecular formula is C12H19NO3S. The highest BCUT2D eigenvalue weighted by Crippen LogP contribution is 2.28. The molecule has 96 valence electrons. The zero-order valence-corrected chi connectivity index (χ0v) is 11.5. The summed E-state index contributed by atoms with van der Waals surface area (Å²) in [6.07, 6.45) is 0. The average molecular weight is 257 g/mol. The van der Waals surface area contributed by atoms with Crippen LogP contribution in [0.3, 0.4) is 0 Å². The highest BCUT2D eigenvalue weighted by Gasteiger charge is 2.22. The van der Waals surface area contributed by atoms with Gasteiger partial charge in [-0.2, -0.15) is 0 Å². The molecule has 1 aromatic rings. The summed E-state index contributed by atoms with van der Waals surface area (Å²) >= 11 is 0. The summed E-state index contributed by atoms with van der Waals surface area (Å²) in [6.45, 7) is 5.46. The monoisotopic (exact) mass is 257 g/mol. The van der Waals surface area contributed by atoms with E-state index < -0.39 is 15.9 Å². The van der Waals surface area contributed by atoms with Gasteiger partial charge in [-0.3, -0.25) is 0 Å². The largest absolute Gasteiger partial charge is 0.495 e. The molecule has 0 bridgehead atoms. The molecule has 0 saturated carbocycles. The van der Waals surface area contributed by atoms with Gasteiger partial charge in [0, 0.05) is 6.04 Å². The standard InChI is InChI=1S/C12H19NO3S/c1-8-5-11(16-4)12(6-9(8)2)17(14,15)7-10(3)13/h5-6,10H,7,13H2,1-4H3. The van der Waals surface area contributed by atoms with Crippen LogP contribution in [0.25, 0.3) is 0 Å². The lowest BCUT2D eigenvalue weighted by atomic mass is 10.1. The van der Waals surface area contributed by atoms with Crippen molar-refractivity contribution in [3.63, 3.8) is 0 Å². The summed E-state index contributed by atoms with van der Waals surface area (Å²) in [7, 11) is -1.92. The SMILES string of the molecule is COc1cc(C)c(C)cc1S(=O)(=O)CC(C)N. The second-order valence-electron chi connectivity index (χ2n) is 4.35. The zero-order valence-electron chi connectivity index (χ0n) is 10.6. The van der Waals surface area contributed by atoms with Crippen LogP contribution in [-0.4, -0.2) is 27.3 Å². The van der Waals surface area contributed by atoms with E-state index in [0.29, 0.717) is 5.75 Å². The van der Waals surface area contributed by atoms with Crippen LogP contribution >= 0.6 is 0 Å². The van der Waals surface area contributed by atoms with Gasteiger partial charge >= 0.3 is 0 Å². The lowest BCUT2D eigenvalue weighted by molar-refractivity contribution is 0.402. The van der Waals surface area contributed by atoms with Gasteiger partial charge in [0.1, 0.15) is 10.6 Å². The molecule has 1 atom stereocenters. The summed E-state index contributed by atoms with van der Waals surface area (Å²) in [5, 5.41) is 0. The van der Waals surface area contributed by atoms with Crippen LogP contribution in [0.15, 0.2) is 17.0 Å². The van der Waals surface area contributed by atoms with Crippen molar-refractivity contribution in [1.82, 2.24) is 0 Å². The Morgan fingerprint density at radius 1 is 1.29 bits per heavy atom. The summed E-state index contributed by atoms with van der Waals surface area (Å²) in [5.74, 6) is 0.306. The molecule has 0 heterocycles. The lowest BCUT2D eigenvalue weighted by Crippen LogP contribution is -2.26. The number of hydrogen-bond acceptors (Lipinski definition) is 4. The highest BCUT2D eigenvalue weighted by atomic mass is 32.2. The van der Waals surface area contributed by atoms with E-state index in [1.807, 2.05) is 13.8 Å². The number of nitrogens with two attached hydrogens (primary N) is 1. The minimum atomic E-state index is -3.39. The third kappa shape index (κ3) is 3.20. The van der Waals surface area contributed by atoms with Crippen LogP contribution < -0.4 is 10.5 Å². The van der Waals surface area contributed by atoms with E-state index in [1.165, 1.54) is 7.11 Å². The fraction of sp³-hybridized carbons (Fsp3) is 0.500. The molecule has 4 nitrogen and oxygen atoms in total. The molecule has 0 radical (unpaired) electrons. The quantitative estimate of drug-likeness (QED) is 0.886. The van der Waals surface area contributed by atoms with Gasteiger partial charge in [0.05, 0.1) is 12.9 Å². The second kappa shape index (κ2) is 5.06. The smallest absolute Gasteiger partial charge is 0.183 e. The zero-order chi connectivity index (χ0) is 13.2. The maximum Gasteiger partial charge on any atom is 0.183 e. The van der Waals surface area contributed by atoms with Crippen LogP contribution in [0.2, 0.25) is 0 Å². The molecule has 0 saturated heterocycles. The summed E-state index contributed by atoms with van der Waals surface area (Å²) < 4.78 is 29.4. The fourth-order valence-corrected chi connectivity index (χ4v) is 3.28. The number of hydrogen-bond donors (Lipinski definition) is 1. The van der Waals surface area contributed by atoms with E-state index in [-0.39, 0.29) is 10.6 Å². The molecule has 0 aliphatic heterocycles. The third-order valence-corrected chi connectivity index (χ3v) is 4.55. The van der Waals surface area contributed by atoms with E-state index in [9.17, 15) is 8.42 Å². The molecule has 0 aromatic heterocycles. The van der Waals surface area contributed by atoms with Gasteiger partial charge in [-0.1, -0.05) is 0 Å². The van der Waals surface area contributed by atoms with Gasteiger partial charge in [-0.25, -0.2) is 8.42 Å². The molecule has 0 aliphatic rings. The molecule has 17 heavy (non-hydrogen) atoms. The number of rotatable bonds is 4. The van der Waals surface area contributed by atoms with Gasteiger partial charge in [-0.15, -0.1) is 0 Å². The number of aryl methyl sites for hydroxylation is 2. The van der Waals surface area contributed by atoms with Crippen LogP contribution in [0.4, 0.5) is 0 Å². The first-order valence-corrected chi connectivity index (χ1v) is 7.06. The van der Waals surface area contributed by atoms with E-state index in [1.54, 1.807) is 19.1 Å². The predicted octanol–water partition coefficient (Wildman–Crippen LogP) is 1.43. The van der Waals surface area contributed by atoms with Crippen molar-refractivity contribution in [2.75, 3.05) is 12.9 Å². The first kappa shape index (κ1) is 14.0. The molecule has 0 spiro atoms. The summed E-state index contributed by atoms with van der Waals surface area (Å²) in [4.78, 5) is 0.223. The Labute approximate surface area is 103 Å². The Bertz CT molecular complexity index is 507. The van der Waals surface area contributed by atoms with Crippen molar-refractivity contribution in [2.24, 2.45) is 5.73 Å². The number of ether oxygens (including phenoxy) is 1. The second-order valence-corrected chi connectivity index (χ2v) is 6.35. The first-order valence-electron chi connectivity index (χ1n) is 5.41. The van der Waals surface area contributed by atoms with Gasteiger partial charge in [0.2, 0.25) is 0 Å². The van der Waals surface area contributed by atoms with Crippen LogP contribution in [0.1, 0.15) is 18.1 Å². The molecule has 1 aromatic carbocycles. The molecule has 0 amide bonds. The Morgan fingerprint density at radius 3 is 2.29 bits per heavy atom. The highest BCUT2D eigenvalue weighted by molar-refractivity contribution is 7.91. The fourth-order valence-electron chi connectivity index (χ4n) is 1.60. The van der Waals surface area contributed by atoms with E-state index in [4.69, 9.17) is 10.5 Å². The maximum atomic E-state index is 12.1. The van der Waals surface area contributed by atoms with E-state index >= 15 is 0 Å². The van der Waals surface area contributed by atoms with Crippen molar-refractivity contribution in [3.05, 3.63) is 23.3 Å². The number of sulfone groups is 1. The normalized spacial score (nSPS) is 13.5. The Balaban J connectivity index is 3.35. The first-order chi connectivity index (χ1) is 7.77. The van der Waals surface area contributed by atoms with Gasteiger partial charge in [0.15, 0.2) is 9.84 Å². The number of benzene rings is 1. The van der Waals surface area contributed by atoms with Crippen molar-refractivity contribution in [2.45, 2.75) is 31.7 Å². The minimum absolute atomic E-state index is 0.0775. The van der Waals surface area contributed by atoms with Gasteiger partial charge in [0.25, 0.3) is 0 Å². The number of methoxy groups -OCH3 is 1. The molecule has 1 rings (SSSR count). The summed E-state index contributed by atoms with van der Waals surface area (Å²) in [6, 6.07) is 2.99. The van der Waals surface area contributed by atoms with Crippen LogP contribution in [-0.2, 0) is 9.84 Å². The Kier molecular flexibility index (Phi) is 4.16. The molecule has 2 N–H and O–H groups in total. The minimum Gasteiger partial charge on any atom is -0.495 e. The van der Waals surface area contributed by atoms with E-state index in [2.05, 4.69) is 0 Å². The van der Waals surface area contributed by atoms with Gasteiger partial charge < -0.3 is 10.5 Å². The topological polar surface area (TPSA) is 69.4 Å². The molecule has 0 aliphatic carbocycles. The van der Waals surface area contributed by atoms with Crippen LogP contribution in [0.5, 0.6) is 5.75 Å². The Morgan fingerprint density at radius 2 is 1.82 bits per heavy atom. The molecular weight excluding hydrogens is 238 g/mol. The van der Waals surface area contributed by atoms with E-state index in [0.717, 1.165) is 11.1 Å². The van der Waals surface area contributed by atoms with Crippen LogP contribution in [0, 0.1) is 13.8 Å². The lowest BCUT2D eigenvalue weighted by Gasteiger charge is -2.13. The van der Waals surface area contributed by atoms with Crippen molar-refractivity contribution in [1.29, 1.82) is 0 Å². The molecule has 5 heteroatoms.